The largest absolute Gasteiger partial charge is 0.389 e. The maximum Gasteiger partial charge on any atom is 0.243 e. The number of primary amides is 1. The first-order valence-electron chi connectivity index (χ1n) is 5.20. The smallest absolute Gasteiger partial charge is 0.243 e. The molecule has 0 aromatic heterocycles. The van der Waals surface area contributed by atoms with Crippen LogP contribution < -0.4 is 16.8 Å². The van der Waals surface area contributed by atoms with Crippen LogP contribution in [-0.4, -0.2) is 30.7 Å². The number of ether oxygens (including phenoxy) is 1. The Bertz CT molecular complexity index is 454. The molecule has 0 aliphatic heterocycles. The molecular weight excluding hydrogens is 318 g/mol. The molecule has 1 aromatic carbocycles. The number of hydrogen-bond acceptors (Lipinski definition) is 4. The summed E-state index contributed by atoms with van der Waals surface area (Å²) in [5.74, 6) is -0.485. The van der Waals surface area contributed by atoms with E-state index < -0.39 is 5.91 Å². The summed E-state index contributed by atoms with van der Waals surface area (Å²) in [7, 11) is 0. The summed E-state index contributed by atoms with van der Waals surface area (Å²) in [5.41, 5.74) is 12.2. The van der Waals surface area contributed by atoms with Gasteiger partial charge >= 0.3 is 0 Å². The summed E-state index contributed by atoms with van der Waals surface area (Å²) < 4.78 is 5.87. The number of benzene rings is 1. The van der Waals surface area contributed by atoms with E-state index in [1.165, 1.54) is 0 Å². The van der Waals surface area contributed by atoms with Gasteiger partial charge in [-0.25, -0.2) is 0 Å². The molecule has 0 saturated heterocycles. The SMILES string of the molecule is NC(=O)COCCNc1cccc(Br)c1C(N)=S. The van der Waals surface area contributed by atoms with Crippen molar-refractivity contribution in [1.29, 1.82) is 0 Å². The fourth-order valence-electron chi connectivity index (χ4n) is 1.35. The van der Waals surface area contributed by atoms with Gasteiger partial charge in [-0.1, -0.05) is 18.3 Å². The Morgan fingerprint density at radius 3 is 2.78 bits per heavy atom. The van der Waals surface area contributed by atoms with E-state index in [0.29, 0.717) is 18.1 Å². The van der Waals surface area contributed by atoms with Gasteiger partial charge in [0, 0.05) is 22.3 Å². The second-order valence-corrected chi connectivity index (χ2v) is 4.77. The maximum absolute atomic E-state index is 10.5. The maximum atomic E-state index is 10.5. The molecule has 98 valence electrons. The number of carbonyl (C=O) groups is 1. The number of nitrogens with two attached hydrogens (primary N) is 2. The van der Waals surface area contributed by atoms with Crippen LogP contribution in [0.2, 0.25) is 0 Å². The van der Waals surface area contributed by atoms with E-state index in [4.69, 9.17) is 28.4 Å². The standard InChI is InChI=1S/C11H14BrN3O2S/c12-7-2-1-3-8(10(7)11(14)18)15-4-5-17-6-9(13)16/h1-3,15H,4-6H2,(H2,13,16)(H2,14,18). The van der Waals surface area contributed by atoms with Gasteiger partial charge in [-0.05, 0) is 28.1 Å². The lowest BCUT2D eigenvalue weighted by atomic mass is 10.2. The monoisotopic (exact) mass is 331 g/mol. The van der Waals surface area contributed by atoms with Crippen LogP contribution >= 0.6 is 28.1 Å². The lowest BCUT2D eigenvalue weighted by Crippen LogP contribution is -2.21. The fraction of sp³-hybridized carbons (Fsp3) is 0.273. The van der Waals surface area contributed by atoms with E-state index in [2.05, 4.69) is 21.2 Å². The highest BCUT2D eigenvalue weighted by Crippen LogP contribution is 2.24. The minimum absolute atomic E-state index is 0.0810. The van der Waals surface area contributed by atoms with E-state index in [-0.39, 0.29) is 6.61 Å². The lowest BCUT2D eigenvalue weighted by Gasteiger charge is -2.12. The van der Waals surface area contributed by atoms with Gasteiger partial charge in [-0.15, -0.1) is 0 Å². The first-order chi connectivity index (χ1) is 8.52. The molecule has 0 atom stereocenters. The predicted octanol–water partition coefficient (Wildman–Crippen LogP) is 0.997. The Labute approximate surface area is 119 Å². The Balaban J connectivity index is 2.54. The van der Waals surface area contributed by atoms with Crippen molar-refractivity contribution in [2.45, 2.75) is 0 Å². The summed E-state index contributed by atoms with van der Waals surface area (Å²) in [6, 6.07) is 5.61. The van der Waals surface area contributed by atoms with Crippen LogP contribution in [0.15, 0.2) is 22.7 Å². The minimum Gasteiger partial charge on any atom is -0.389 e. The predicted molar refractivity (Wildman–Crippen MR) is 78.5 cm³/mol. The molecule has 5 nitrogen and oxygen atoms in total. The quantitative estimate of drug-likeness (QED) is 0.512. The van der Waals surface area contributed by atoms with Gasteiger partial charge in [-0.3, -0.25) is 4.79 Å². The van der Waals surface area contributed by atoms with Crippen LogP contribution in [0.3, 0.4) is 0 Å². The van der Waals surface area contributed by atoms with Crippen LogP contribution in [0, 0.1) is 0 Å². The van der Waals surface area contributed by atoms with Crippen LogP contribution in [0.25, 0.3) is 0 Å². The van der Waals surface area contributed by atoms with E-state index in [0.717, 1.165) is 15.7 Å². The zero-order valence-corrected chi connectivity index (χ0v) is 12.0. The molecule has 0 heterocycles. The first-order valence-corrected chi connectivity index (χ1v) is 6.40. The second kappa shape index (κ2) is 7.30. The Morgan fingerprint density at radius 2 is 2.17 bits per heavy atom. The Hall–Kier alpha value is -1.18. The summed E-state index contributed by atoms with van der Waals surface area (Å²) in [4.78, 5) is 10.8. The molecule has 0 aliphatic rings. The summed E-state index contributed by atoms with van der Waals surface area (Å²) in [5, 5.41) is 3.13. The number of halogens is 1. The fourth-order valence-corrected chi connectivity index (χ4v) is 2.28. The van der Waals surface area contributed by atoms with E-state index in [9.17, 15) is 4.79 Å². The molecule has 1 aromatic rings. The van der Waals surface area contributed by atoms with Gasteiger partial charge in [-0.2, -0.15) is 0 Å². The third kappa shape index (κ3) is 4.59. The molecule has 5 N–H and O–H groups in total. The van der Waals surface area contributed by atoms with Gasteiger partial charge in [0.2, 0.25) is 5.91 Å². The lowest BCUT2D eigenvalue weighted by molar-refractivity contribution is -0.122. The first kappa shape index (κ1) is 14.9. The highest BCUT2D eigenvalue weighted by atomic mass is 79.9. The van der Waals surface area contributed by atoms with Crippen LogP contribution in [0.1, 0.15) is 5.56 Å². The molecule has 1 rings (SSSR count). The van der Waals surface area contributed by atoms with Crippen molar-refractivity contribution in [2.75, 3.05) is 25.1 Å². The summed E-state index contributed by atoms with van der Waals surface area (Å²) in [6.45, 7) is 0.813. The second-order valence-electron chi connectivity index (χ2n) is 3.47. The van der Waals surface area contributed by atoms with Crippen molar-refractivity contribution in [1.82, 2.24) is 0 Å². The van der Waals surface area contributed by atoms with Crippen molar-refractivity contribution < 1.29 is 9.53 Å². The molecule has 0 bridgehead atoms. The highest BCUT2D eigenvalue weighted by molar-refractivity contribution is 9.10. The number of nitrogens with one attached hydrogen (secondary N) is 1. The minimum atomic E-state index is -0.485. The van der Waals surface area contributed by atoms with Gasteiger partial charge in [0.25, 0.3) is 0 Å². The third-order valence-corrected chi connectivity index (χ3v) is 2.93. The highest BCUT2D eigenvalue weighted by Gasteiger charge is 2.08. The number of anilines is 1. The zero-order valence-electron chi connectivity index (χ0n) is 9.61. The molecule has 0 aliphatic carbocycles. The molecule has 18 heavy (non-hydrogen) atoms. The number of thiocarbonyl (C=S) groups is 1. The number of hydrogen-bond donors (Lipinski definition) is 3. The average molecular weight is 332 g/mol. The topological polar surface area (TPSA) is 90.4 Å². The van der Waals surface area contributed by atoms with Gasteiger partial charge in [0.05, 0.1) is 6.61 Å². The van der Waals surface area contributed by atoms with E-state index >= 15 is 0 Å². The number of amides is 1. The third-order valence-electron chi connectivity index (χ3n) is 2.07. The molecule has 0 spiro atoms. The van der Waals surface area contributed by atoms with Crippen LogP contribution in [-0.2, 0) is 9.53 Å². The normalized spacial score (nSPS) is 10.1. The van der Waals surface area contributed by atoms with Gasteiger partial charge < -0.3 is 21.5 Å². The molecule has 1 amide bonds. The zero-order chi connectivity index (χ0) is 13.5. The Morgan fingerprint density at radius 1 is 1.44 bits per heavy atom. The van der Waals surface area contributed by atoms with Crippen LogP contribution in [0.5, 0.6) is 0 Å². The van der Waals surface area contributed by atoms with E-state index in [1.54, 1.807) is 0 Å². The van der Waals surface area contributed by atoms with Crippen molar-refractivity contribution in [2.24, 2.45) is 11.5 Å². The summed E-state index contributed by atoms with van der Waals surface area (Å²) >= 11 is 8.38. The van der Waals surface area contributed by atoms with Crippen molar-refractivity contribution in [3.8, 4) is 0 Å². The van der Waals surface area contributed by atoms with Crippen LogP contribution in [0.4, 0.5) is 5.69 Å². The Kier molecular flexibility index (Phi) is 6.03. The van der Waals surface area contributed by atoms with E-state index in [1.807, 2.05) is 18.2 Å². The molecule has 0 radical (unpaired) electrons. The molecule has 0 fully saturated rings. The molecule has 0 saturated carbocycles. The molecular formula is C11H14BrN3O2S. The van der Waals surface area contributed by atoms with Crippen molar-refractivity contribution in [3.63, 3.8) is 0 Å². The summed E-state index contributed by atoms with van der Waals surface area (Å²) in [6.07, 6.45) is 0. The number of carbonyl (C=O) groups excluding carboxylic acids is 1. The van der Waals surface area contributed by atoms with Crippen molar-refractivity contribution in [3.05, 3.63) is 28.2 Å². The average Bonchev–Trinajstić information content (AvgIpc) is 2.27. The van der Waals surface area contributed by atoms with Gasteiger partial charge in [0.1, 0.15) is 11.6 Å². The van der Waals surface area contributed by atoms with Gasteiger partial charge in [0.15, 0.2) is 0 Å². The molecule has 0 unspecified atom stereocenters. The van der Waals surface area contributed by atoms with Crippen molar-refractivity contribution >= 4 is 44.7 Å². The molecule has 7 heteroatoms. The number of rotatable bonds is 7.